The first-order chi connectivity index (χ1) is 20.1. The molecule has 1 aliphatic rings. The molecule has 13 heteroatoms. The Bertz CT molecular complexity index is 1540. The molecule has 2 atom stereocenters. The molecule has 1 fully saturated rings. The molecule has 0 aliphatic carbocycles. The van der Waals surface area contributed by atoms with Gasteiger partial charge in [0.1, 0.15) is 29.9 Å². The lowest BCUT2D eigenvalue weighted by atomic mass is 9.90. The van der Waals surface area contributed by atoms with Gasteiger partial charge in [0.05, 0.1) is 35.7 Å². The zero-order valence-electron chi connectivity index (χ0n) is 22.2. The minimum Gasteiger partial charge on any atom is -0.382 e. The average Bonchev–Trinajstić information content (AvgIpc) is 3.47. The summed E-state index contributed by atoms with van der Waals surface area (Å²) >= 11 is 13.4. The van der Waals surface area contributed by atoms with Crippen LogP contribution in [-0.2, 0) is 21.6 Å². The molecule has 1 amide bonds. The van der Waals surface area contributed by atoms with Gasteiger partial charge in [-0.05, 0) is 36.4 Å². The molecule has 2 heterocycles. The van der Waals surface area contributed by atoms with Crippen LogP contribution in [-0.4, -0.2) is 49.5 Å². The number of anilines is 1. The van der Waals surface area contributed by atoms with Crippen LogP contribution in [0.1, 0.15) is 34.7 Å². The maximum atomic E-state index is 14.8. The molecule has 1 aromatic heterocycles. The molecule has 5 rings (SSSR count). The summed E-state index contributed by atoms with van der Waals surface area (Å²) in [5.41, 5.74) is -0.189. The number of aromatic nitrogens is 3. The van der Waals surface area contributed by atoms with Gasteiger partial charge in [-0.2, -0.15) is 5.10 Å². The summed E-state index contributed by atoms with van der Waals surface area (Å²) in [6.45, 7) is 2.26. The molecule has 2 N–H and O–H groups in total. The molecule has 3 aromatic carbocycles. The van der Waals surface area contributed by atoms with E-state index >= 15 is 0 Å². The Morgan fingerprint density at radius 1 is 1.14 bits per heavy atom. The van der Waals surface area contributed by atoms with E-state index in [9.17, 15) is 18.7 Å². The molecule has 0 bridgehead atoms. The quantitative estimate of drug-likeness (QED) is 0.225. The molecule has 0 radical (unpaired) electrons. The number of ether oxygens (including phenoxy) is 2. The highest BCUT2D eigenvalue weighted by molar-refractivity contribution is 8.00. The predicted molar refractivity (Wildman–Crippen MR) is 157 cm³/mol. The molecule has 220 valence electrons. The summed E-state index contributed by atoms with van der Waals surface area (Å²) in [4.78, 5) is 16.6. The number of carbonyl (C=O) groups is 1. The van der Waals surface area contributed by atoms with Crippen LogP contribution in [0.3, 0.4) is 0 Å². The number of thioether (sulfide) groups is 1. The van der Waals surface area contributed by atoms with Crippen molar-refractivity contribution in [2.75, 3.05) is 18.5 Å². The average molecular weight is 636 g/mol. The van der Waals surface area contributed by atoms with E-state index in [2.05, 4.69) is 15.4 Å². The molecule has 1 aliphatic heterocycles. The highest BCUT2D eigenvalue weighted by Gasteiger charge is 2.41. The minimum absolute atomic E-state index is 0.0441. The molecule has 0 saturated carbocycles. The van der Waals surface area contributed by atoms with Crippen LogP contribution < -0.4 is 5.32 Å². The zero-order chi connectivity index (χ0) is 29.9. The van der Waals surface area contributed by atoms with Crippen LogP contribution >= 0.6 is 35.0 Å². The van der Waals surface area contributed by atoms with Gasteiger partial charge in [0.15, 0.2) is 6.29 Å². The van der Waals surface area contributed by atoms with Gasteiger partial charge in [-0.15, -0.1) is 11.8 Å². The van der Waals surface area contributed by atoms with Crippen LogP contribution in [0.15, 0.2) is 73.3 Å². The number of aliphatic hydroxyl groups is 1. The van der Waals surface area contributed by atoms with Crippen molar-refractivity contribution in [1.82, 2.24) is 14.8 Å². The van der Waals surface area contributed by atoms with E-state index in [1.807, 2.05) is 0 Å². The van der Waals surface area contributed by atoms with Crippen molar-refractivity contribution in [2.45, 2.75) is 35.9 Å². The molecule has 0 spiro atoms. The van der Waals surface area contributed by atoms with E-state index in [1.165, 1.54) is 35.2 Å². The Morgan fingerprint density at radius 2 is 1.88 bits per heavy atom. The van der Waals surface area contributed by atoms with Crippen molar-refractivity contribution in [3.8, 4) is 0 Å². The van der Waals surface area contributed by atoms with Crippen LogP contribution in [0.5, 0.6) is 0 Å². The van der Waals surface area contributed by atoms with Gasteiger partial charge in [0.2, 0.25) is 0 Å². The van der Waals surface area contributed by atoms with Crippen LogP contribution in [0.4, 0.5) is 14.5 Å². The Hall–Kier alpha value is -3.06. The Balaban J connectivity index is 1.20. The van der Waals surface area contributed by atoms with Gasteiger partial charge in [0, 0.05) is 33.0 Å². The van der Waals surface area contributed by atoms with E-state index in [0.29, 0.717) is 34.5 Å². The Kier molecular flexibility index (Phi) is 9.46. The van der Waals surface area contributed by atoms with Crippen LogP contribution in [0.25, 0.3) is 0 Å². The zero-order valence-corrected chi connectivity index (χ0v) is 24.5. The highest BCUT2D eigenvalue weighted by Crippen LogP contribution is 2.39. The fourth-order valence-electron chi connectivity index (χ4n) is 4.57. The number of hydrogen-bond donors (Lipinski definition) is 2. The molecular weight excluding hydrogens is 609 g/mol. The summed E-state index contributed by atoms with van der Waals surface area (Å²) < 4.78 is 41.8. The van der Waals surface area contributed by atoms with Gasteiger partial charge in [-0.3, -0.25) is 4.79 Å². The molecule has 2 unspecified atom stereocenters. The van der Waals surface area contributed by atoms with E-state index in [-0.39, 0.29) is 23.3 Å². The van der Waals surface area contributed by atoms with E-state index in [4.69, 9.17) is 32.7 Å². The topological polar surface area (TPSA) is 98.5 Å². The standard InChI is InChI=1S/C29H26Cl2F2N4O4S/c1-17(29(39,14-37-16-34-15-35-37)23-8-7-21(32)11-25(23)33)42-22-12-40-28(41-13-22)19-4-2-18(3-5-19)27(38)36-26-9-6-20(30)10-24(26)31/h2-11,15-17,22,28,39H,12-14H2,1H3,(H,36,38). The third-order valence-corrected chi connectivity index (χ3v) is 8.83. The van der Waals surface area contributed by atoms with Crippen LogP contribution in [0, 0.1) is 11.6 Å². The van der Waals surface area contributed by atoms with Crippen molar-refractivity contribution < 1.29 is 28.2 Å². The fraction of sp³-hybridized carbons (Fsp3) is 0.276. The predicted octanol–water partition coefficient (Wildman–Crippen LogP) is 6.24. The summed E-state index contributed by atoms with van der Waals surface area (Å²) in [6.07, 6.45) is 2.09. The van der Waals surface area contributed by atoms with Crippen molar-refractivity contribution >= 4 is 46.6 Å². The SMILES string of the molecule is CC(SC1COC(c2ccc(C(=O)Nc3ccc(Cl)cc3Cl)cc2)OC1)C(O)(Cn1cncn1)c1ccc(F)cc1F. The van der Waals surface area contributed by atoms with Gasteiger partial charge in [-0.1, -0.05) is 48.3 Å². The summed E-state index contributed by atoms with van der Waals surface area (Å²) in [7, 11) is 0. The summed E-state index contributed by atoms with van der Waals surface area (Å²) in [5, 5.41) is 18.6. The Labute approximate surface area is 255 Å². The summed E-state index contributed by atoms with van der Waals surface area (Å²) in [5.74, 6) is -1.92. The number of halogens is 4. The number of nitrogens with one attached hydrogen (secondary N) is 1. The van der Waals surface area contributed by atoms with E-state index < -0.39 is 28.8 Å². The molecule has 8 nitrogen and oxygen atoms in total. The van der Waals surface area contributed by atoms with Crippen molar-refractivity contribution in [3.63, 3.8) is 0 Å². The minimum atomic E-state index is -1.74. The third-order valence-electron chi connectivity index (χ3n) is 6.83. The first-order valence-electron chi connectivity index (χ1n) is 12.9. The first-order valence-corrected chi connectivity index (χ1v) is 14.6. The second-order valence-electron chi connectivity index (χ2n) is 9.74. The smallest absolute Gasteiger partial charge is 0.255 e. The van der Waals surface area contributed by atoms with Crippen molar-refractivity contribution in [1.29, 1.82) is 0 Å². The Morgan fingerprint density at radius 3 is 2.52 bits per heavy atom. The molecule has 4 aromatic rings. The number of benzene rings is 3. The molecule has 42 heavy (non-hydrogen) atoms. The summed E-state index contributed by atoms with van der Waals surface area (Å²) in [6, 6.07) is 14.7. The largest absolute Gasteiger partial charge is 0.382 e. The van der Waals surface area contributed by atoms with Crippen LogP contribution in [0.2, 0.25) is 10.0 Å². The number of rotatable bonds is 9. The normalized spacial score (nSPS) is 19.2. The lowest BCUT2D eigenvalue weighted by molar-refractivity contribution is -0.180. The van der Waals surface area contributed by atoms with Gasteiger partial charge in [0.25, 0.3) is 5.91 Å². The fourth-order valence-corrected chi connectivity index (χ4v) is 6.34. The first kappa shape index (κ1) is 30.4. The van der Waals surface area contributed by atoms with Gasteiger partial charge >= 0.3 is 0 Å². The molecule has 1 saturated heterocycles. The van der Waals surface area contributed by atoms with Gasteiger partial charge in [-0.25, -0.2) is 18.4 Å². The lowest BCUT2D eigenvalue weighted by Gasteiger charge is -2.37. The number of nitrogens with zero attached hydrogens (tertiary/aromatic N) is 3. The lowest BCUT2D eigenvalue weighted by Crippen LogP contribution is -2.43. The van der Waals surface area contributed by atoms with E-state index in [1.54, 1.807) is 49.4 Å². The number of amides is 1. The van der Waals surface area contributed by atoms with Crippen molar-refractivity contribution in [3.05, 3.63) is 112 Å². The highest BCUT2D eigenvalue weighted by atomic mass is 35.5. The maximum Gasteiger partial charge on any atom is 0.255 e. The van der Waals surface area contributed by atoms with Crippen molar-refractivity contribution in [2.24, 2.45) is 0 Å². The monoisotopic (exact) mass is 634 g/mol. The number of carbonyl (C=O) groups excluding carboxylic acids is 1. The van der Waals surface area contributed by atoms with Gasteiger partial charge < -0.3 is 19.9 Å². The second kappa shape index (κ2) is 13.1. The number of hydrogen-bond acceptors (Lipinski definition) is 7. The third kappa shape index (κ3) is 6.94. The maximum absolute atomic E-state index is 14.8. The van der Waals surface area contributed by atoms with E-state index in [0.717, 1.165) is 17.7 Å². The second-order valence-corrected chi connectivity index (χ2v) is 12.2. The molecular formula is C29H26Cl2F2N4O4S.